The summed E-state index contributed by atoms with van der Waals surface area (Å²) in [4.78, 5) is 27.1. The van der Waals surface area contributed by atoms with Crippen molar-refractivity contribution < 1.29 is 19.2 Å². The molecule has 3 atom stereocenters. The molecule has 31 heavy (non-hydrogen) atoms. The summed E-state index contributed by atoms with van der Waals surface area (Å²) in [7, 11) is 0. The molecule has 3 aliphatic heterocycles. The lowest BCUT2D eigenvalue weighted by Crippen LogP contribution is -3.18. The molecule has 1 amide bonds. The van der Waals surface area contributed by atoms with Crippen LogP contribution in [0.4, 0.5) is 5.69 Å². The summed E-state index contributed by atoms with van der Waals surface area (Å²) >= 11 is 0. The number of amides is 1. The number of hydrogen-bond donors (Lipinski definition) is 2. The van der Waals surface area contributed by atoms with Crippen LogP contribution in [0.15, 0.2) is 47.3 Å². The van der Waals surface area contributed by atoms with Gasteiger partial charge in [-0.15, -0.1) is 0 Å². The van der Waals surface area contributed by atoms with Gasteiger partial charge < -0.3 is 24.3 Å². The van der Waals surface area contributed by atoms with Crippen LogP contribution in [0, 0.1) is 5.92 Å². The molecular formula is C24H30N3O4+. The molecule has 1 unspecified atom stereocenters. The number of anilines is 1. The number of nitrogens with one attached hydrogen (secondary N) is 2. The number of rotatable bonds is 5. The highest BCUT2D eigenvalue weighted by Gasteiger charge is 2.40. The molecule has 2 N–H and O–H groups in total. The van der Waals surface area contributed by atoms with Gasteiger partial charge in [0.05, 0.1) is 32.3 Å². The molecule has 2 saturated heterocycles. The van der Waals surface area contributed by atoms with Crippen molar-refractivity contribution in [1.29, 1.82) is 0 Å². The average molecular weight is 425 g/mol. The van der Waals surface area contributed by atoms with Crippen LogP contribution in [-0.4, -0.2) is 49.4 Å². The molecule has 2 aromatic rings. The number of fused-ring (bicyclic) bond motifs is 4. The molecule has 0 radical (unpaired) electrons. The smallest absolute Gasteiger partial charge is 0.274 e. The molecule has 7 nitrogen and oxygen atoms in total. The molecule has 7 heteroatoms. The van der Waals surface area contributed by atoms with Crippen LogP contribution < -0.4 is 20.5 Å². The van der Waals surface area contributed by atoms with Gasteiger partial charge in [-0.1, -0.05) is 18.2 Å². The predicted octanol–water partition coefficient (Wildman–Crippen LogP) is 1.05. The zero-order valence-corrected chi connectivity index (χ0v) is 17.7. The molecule has 0 spiro atoms. The van der Waals surface area contributed by atoms with E-state index in [0.717, 1.165) is 57.8 Å². The Hall–Kier alpha value is -2.64. The van der Waals surface area contributed by atoms with Gasteiger partial charge in [0.25, 0.3) is 11.5 Å². The normalized spacial score (nSPS) is 25.5. The number of carbonyl (C=O) groups excluding carboxylic acids is 1. The summed E-state index contributed by atoms with van der Waals surface area (Å²) in [6, 6.07) is 13.7. The highest BCUT2D eigenvalue weighted by Crippen LogP contribution is 2.31. The lowest BCUT2D eigenvalue weighted by molar-refractivity contribution is -0.937. The summed E-state index contributed by atoms with van der Waals surface area (Å²) < 4.78 is 12.9. The lowest BCUT2D eigenvalue weighted by Gasteiger charge is -2.44. The first kappa shape index (κ1) is 20.3. The van der Waals surface area contributed by atoms with E-state index in [4.69, 9.17) is 9.47 Å². The number of pyridine rings is 1. The van der Waals surface area contributed by atoms with Crippen LogP contribution in [0.25, 0.3) is 0 Å². The highest BCUT2D eigenvalue weighted by molar-refractivity contribution is 5.91. The van der Waals surface area contributed by atoms with E-state index >= 15 is 0 Å². The van der Waals surface area contributed by atoms with Crippen molar-refractivity contribution in [2.24, 2.45) is 5.92 Å². The third-order valence-electron chi connectivity index (χ3n) is 6.93. The predicted molar refractivity (Wildman–Crippen MR) is 117 cm³/mol. The highest BCUT2D eigenvalue weighted by atomic mass is 16.5. The molecule has 0 aliphatic carbocycles. The number of likely N-dealkylation sites (tertiary alicyclic amines) is 1. The van der Waals surface area contributed by atoms with Crippen molar-refractivity contribution in [3.8, 4) is 5.75 Å². The number of carbonyl (C=O) groups is 1. The Morgan fingerprint density at radius 1 is 1.13 bits per heavy atom. The first-order chi connectivity index (χ1) is 15.2. The van der Waals surface area contributed by atoms with E-state index in [1.807, 2.05) is 28.8 Å². The summed E-state index contributed by atoms with van der Waals surface area (Å²) in [5.74, 6) is 1.22. The third-order valence-corrected chi connectivity index (χ3v) is 6.93. The fourth-order valence-electron chi connectivity index (χ4n) is 5.49. The number of aromatic nitrogens is 1. The Kier molecular flexibility index (Phi) is 5.78. The Balaban J connectivity index is 1.27. The maximum atomic E-state index is 13.1. The molecule has 0 saturated carbocycles. The van der Waals surface area contributed by atoms with Crippen molar-refractivity contribution in [2.45, 2.75) is 37.8 Å². The van der Waals surface area contributed by atoms with Gasteiger partial charge in [0.2, 0.25) is 0 Å². The minimum atomic E-state index is -0.326. The Morgan fingerprint density at radius 3 is 2.74 bits per heavy atom. The quantitative estimate of drug-likeness (QED) is 0.753. The van der Waals surface area contributed by atoms with Crippen molar-refractivity contribution in [3.05, 3.63) is 58.5 Å². The van der Waals surface area contributed by atoms with E-state index in [-0.39, 0.29) is 18.1 Å². The molecule has 5 rings (SSSR count). The largest absolute Gasteiger partial charge is 0.484 e. The lowest BCUT2D eigenvalue weighted by atomic mass is 9.82. The molecule has 3 aliphatic rings. The van der Waals surface area contributed by atoms with Crippen LogP contribution in [0.2, 0.25) is 0 Å². The monoisotopic (exact) mass is 424 g/mol. The Labute approximate surface area is 182 Å². The SMILES string of the molecule is O=C(COc1ccccc1)Nc1ccc2n(c1=O)C[C@H]1C[C@@H]2C[NH+](C2CCOCC2)C1. The van der Waals surface area contributed by atoms with Gasteiger partial charge in [-0.3, -0.25) is 9.59 Å². The van der Waals surface area contributed by atoms with Crippen LogP contribution >= 0.6 is 0 Å². The summed E-state index contributed by atoms with van der Waals surface area (Å²) in [6.45, 7) is 4.56. The van der Waals surface area contributed by atoms with E-state index in [1.54, 1.807) is 23.1 Å². The van der Waals surface area contributed by atoms with Crippen molar-refractivity contribution in [3.63, 3.8) is 0 Å². The maximum Gasteiger partial charge on any atom is 0.274 e. The fraction of sp³-hybridized carbons (Fsp3) is 0.500. The average Bonchev–Trinajstić information content (AvgIpc) is 2.81. The van der Waals surface area contributed by atoms with E-state index < -0.39 is 0 Å². The minimum absolute atomic E-state index is 0.102. The van der Waals surface area contributed by atoms with E-state index in [2.05, 4.69) is 5.32 Å². The summed E-state index contributed by atoms with van der Waals surface area (Å²) in [5, 5.41) is 2.74. The van der Waals surface area contributed by atoms with Gasteiger partial charge >= 0.3 is 0 Å². The molecule has 1 aromatic heterocycles. The molecule has 2 bridgehead atoms. The summed E-state index contributed by atoms with van der Waals surface area (Å²) in [5.41, 5.74) is 1.35. The van der Waals surface area contributed by atoms with E-state index in [0.29, 0.717) is 29.3 Å². The standard InChI is InChI=1S/C24H29N3O4/c28-23(16-31-20-4-2-1-3-5-20)25-21-6-7-22-18-12-17(14-27(22)24(21)29)13-26(15-18)19-8-10-30-11-9-19/h1-7,17-19H,8-16H2,(H,25,28)/p+1/t17-,18+/m0/s1. The number of piperidine rings is 1. The molecule has 1 aromatic carbocycles. The van der Waals surface area contributed by atoms with Gasteiger partial charge in [-0.05, 0) is 30.7 Å². The van der Waals surface area contributed by atoms with Crippen molar-refractivity contribution >= 4 is 11.6 Å². The van der Waals surface area contributed by atoms with Crippen LogP contribution in [0.1, 0.15) is 30.9 Å². The van der Waals surface area contributed by atoms with Gasteiger partial charge in [0.15, 0.2) is 6.61 Å². The molecule has 2 fully saturated rings. The molecule has 4 heterocycles. The summed E-state index contributed by atoms with van der Waals surface area (Å²) in [6.07, 6.45) is 3.43. The molecule has 164 valence electrons. The maximum absolute atomic E-state index is 13.1. The van der Waals surface area contributed by atoms with E-state index in [9.17, 15) is 9.59 Å². The topological polar surface area (TPSA) is 74.0 Å². The zero-order chi connectivity index (χ0) is 21.2. The van der Waals surface area contributed by atoms with E-state index in [1.165, 1.54) is 0 Å². The van der Waals surface area contributed by atoms with Crippen molar-refractivity contribution in [2.75, 3.05) is 38.2 Å². The Morgan fingerprint density at radius 2 is 1.94 bits per heavy atom. The zero-order valence-electron chi connectivity index (χ0n) is 17.7. The number of quaternary nitrogens is 1. The third kappa shape index (κ3) is 4.38. The number of para-hydroxylation sites is 1. The first-order valence-corrected chi connectivity index (χ1v) is 11.3. The van der Waals surface area contributed by atoms with Crippen LogP contribution in [0.5, 0.6) is 5.75 Å². The number of hydrogen-bond acceptors (Lipinski definition) is 4. The second-order valence-electron chi connectivity index (χ2n) is 8.99. The van der Waals surface area contributed by atoms with Gasteiger partial charge in [0, 0.05) is 36.9 Å². The van der Waals surface area contributed by atoms with Gasteiger partial charge in [-0.2, -0.15) is 0 Å². The Bertz CT molecular complexity index is 984. The van der Waals surface area contributed by atoms with Crippen LogP contribution in [0.3, 0.4) is 0 Å². The van der Waals surface area contributed by atoms with Crippen LogP contribution in [-0.2, 0) is 16.1 Å². The second kappa shape index (κ2) is 8.85. The number of ether oxygens (including phenoxy) is 2. The van der Waals surface area contributed by atoms with Gasteiger partial charge in [0.1, 0.15) is 11.4 Å². The molecular weight excluding hydrogens is 394 g/mol. The first-order valence-electron chi connectivity index (χ1n) is 11.3. The van der Waals surface area contributed by atoms with Crippen molar-refractivity contribution in [1.82, 2.24) is 4.57 Å². The minimum Gasteiger partial charge on any atom is -0.484 e. The fourth-order valence-corrected chi connectivity index (χ4v) is 5.49. The number of benzene rings is 1. The number of nitrogens with zero attached hydrogens (tertiary/aromatic N) is 1. The second-order valence-corrected chi connectivity index (χ2v) is 8.99. The van der Waals surface area contributed by atoms with Gasteiger partial charge in [-0.25, -0.2) is 0 Å².